The first-order valence-corrected chi connectivity index (χ1v) is 8.31. The van der Waals surface area contributed by atoms with Crippen LogP contribution in [-0.4, -0.2) is 61.7 Å². The first-order chi connectivity index (χ1) is 12.4. The third-order valence-electron chi connectivity index (χ3n) is 4.66. The molecule has 0 radical (unpaired) electrons. The summed E-state index contributed by atoms with van der Waals surface area (Å²) in [6.45, 7) is -0.500. The monoisotopic (exact) mass is 362 g/mol. The number of aromatic hydroxyl groups is 2. The van der Waals surface area contributed by atoms with Crippen LogP contribution >= 0.6 is 0 Å². The third kappa shape index (κ3) is 3.67. The summed E-state index contributed by atoms with van der Waals surface area (Å²) in [5, 5.41) is 58.9. The molecule has 3 rings (SSSR count). The topological polar surface area (TPSA) is 131 Å². The Morgan fingerprint density at radius 3 is 2.19 bits per heavy atom. The molecular formula is C19H22O7. The van der Waals surface area contributed by atoms with Gasteiger partial charge in [-0.05, 0) is 41.0 Å². The minimum Gasteiger partial charge on any atom is -0.508 e. The van der Waals surface area contributed by atoms with Crippen LogP contribution in [0, 0.1) is 0 Å². The summed E-state index contributed by atoms with van der Waals surface area (Å²) in [4.78, 5) is 0. The molecule has 0 aromatic heterocycles. The van der Waals surface area contributed by atoms with Gasteiger partial charge in [-0.1, -0.05) is 18.2 Å². The molecular weight excluding hydrogens is 340 g/mol. The molecule has 0 aliphatic carbocycles. The quantitative estimate of drug-likeness (QED) is 0.458. The van der Waals surface area contributed by atoms with Crippen LogP contribution in [0.1, 0.15) is 22.8 Å². The molecule has 1 saturated heterocycles. The third-order valence-corrected chi connectivity index (χ3v) is 4.66. The number of benzene rings is 2. The highest BCUT2D eigenvalue weighted by Crippen LogP contribution is 2.34. The second-order valence-corrected chi connectivity index (χ2v) is 6.48. The van der Waals surface area contributed by atoms with Crippen LogP contribution in [0.25, 0.3) is 0 Å². The van der Waals surface area contributed by atoms with Crippen molar-refractivity contribution in [3.63, 3.8) is 0 Å². The molecule has 1 fully saturated rings. The fraction of sp³-hybridized carbons (Fsp3) is 0.368. The summed E-state index contributed by atoms with van der Waals surface area (Å²) >= 11 is 0. The van der Waals surface area contributed by atoms with Crippen molar-refractivity contribution < 1.29 is 35.4 Å². The van der Waals surface area contributed by atoms with Crippen LogP contribution in [-0.2, 0) is 11.2 Å². The Kier molecular flexibility index (Phi) is 5.45. The van der Waals surface area contributed by atoms with Crippen molar-refractivity contribution in [2.75, 3.05) is 6.61 Å². The molecule has 1 unspecified atom stereocenters. The Morgan fingerprint density at radius 1 is 0.846 bits per heavy atom. The van der Waals surface area contributed by atoms with E-state index >= 15 is 0 Å². The Morgan fingerprint density at radius 2 is 1.54 bits per heavy atom. The molecule has 5 atom stereocenters. The van der Waals surface area contributed by atoms with Crippen LogP contribution < -0.4 is 0 Å². The van der Waals surface area contributed by atoms with E-state index in [0.717, 1.165) is 5.56 Å². The summed E-state index contributed by atoms with van der Waals surface area (Å²) in [6.07, 6.45) is -5.81. The molecule has 26 heavy (non-hydrogen) atoms. The number of aliphatic hydroxyl groups is 4. The molecule has 140 valence electrons. The van der Waals surface area contributed by atoms with Gasteiger partial charge in [0.2, 0.25) is 0 Å². The normalized spacial score (nSPS) is 28.8. The summed E-state index contributed by atoms with van der Waals surface area (Å²) in [6, 6.07) is 11.2. The lowest BCUT2D eigenvalue weighted by Gasteiger charge is -2.40. The maximum Gasteiger partial charge on any atom is 0.119 e. The van der Waals surface area contributed by atoms with Gasteiger partial charge in [0.05, 0.1) is 6.61 Å². The second kappa shape index (κ2) is 7.61. The summed E-state index contributed by atoms with van der Waals surface area (Å²) in [5.74, 6) is 0.208. The first kappa shape index (κ1) is 18.6. The van der Waals surface area contributed by atoms with Gasteiger partial charge < -0.3 is 35.4 Å². The zero-order valence-corrected chi connectivity index (χ0v) is 13.9. The SMILES string of the molecule is OC[C@H]1OC(c2ccc(O)c(Cc3ccc(O)cc3)c2)[C@H](O)[C@@H](O)[C@@H]1O. The van der Waals surface area contributed by atoms with Crippen molar-refractivity contribution in [2.45, 2.75) is 36.9 Å². The highest BCUT2D eigenvalue weighted by Gasteiger charge is 2.44. The van der Waals surface area contributed by atoms with Gasteiger partial charge in [0.1, 0.15) is 42.0 Å². The van der Waals surface area contributed by atoms with E-state index in [2.05, 4.69) is 0 Å². The van der Waals surface area contributed by atoms with E-state index in [1.54, 1.807) is 36.4 Å². The van der Waals surface area contributed by atoms with Crippen LogP contribution in [0.5, 0.6) is 11.5 Å². The van der Waals surface area contributed by atoms with Gasteiger partial charge in [0.25, 0.3) is 0 Å². The van der Waals surface area contributed by atoms with Gasteiger partial charge in [-0.15, -0.1) is 0 Å². The summed E-state index contributed by atoms with van der Waals surface area (Å²) < 4.78 is 5.55. The molecule has 0 spiro atoms. The Balaban J connectivity index is 1.87. The molecule has 1 heterocycles. The highest BCUT2D eigenvalue weighted by molar-refractivity contribution is 5.41. The van der Waals surface area contributed by atoms with E-state index in [1.807, 2.05) is 0 Å². The summed E-state index contributed by atoms with van der Waals surface area (Å²) in [7, 11) is 0. The fourth-order valence-electron chi connectivity index (χ4n) is 3.13. The Hall–Kier alpha value is -2.16. The highest BCUT2D eigenvalue weighted by atomic mass is 16.5. The van der Waals surface area contributed by atoms with Gasteiger partial charge in [-0.2, -0.15) is 0 Å². The van der Waals surface area contributed by atoms with Gasteiger partial charge in [0, 0.05) is 6.42 Å². The first-order valence-electron chi connectivity index (χ1n) is 8.31. The number of hydrogen-bond acceptors (Lipinski definition) is 7. The van der Waals surface area contributed by atoms with Crippen molar-refractivity contribution in [3.05, 3.63) is 59.2 Å². The standard InChI is InChI=1S/C19H22O7/c20-9-15-16(23)17(24)18(25)19(26-15)11-3-6-14(22)12(8-11)7-10-1-4-13(21)5-2-10/h1-6,8,15-25H,7,9H2/t15-,16-,17+,18-,19?/m1/s1. The number of hydrogen-bond donors (Lipinski definition) is 6. The lowest BCUT2D eigenvalue weighted by molar-refractivity contribution is -0.231. The minimum atomic E-state index is -1.46. The van der Waals surface area contributed by atoms with Crippen LogP contribution in [0.4, 0.5) is 0 Å². The average Bonchev–Trinajstić information content (AvgIpc) is 2.64. The molecule has 7 nitrogen and oxygen atoms in total. The predicted octanol–water partition coefficient (Wildman–Crippen LogP) is 0.203. The maximum atomic E-state index is 10.2. The molecule has 1 aliphatic heterocycles. The van der Waals surface area contributed by atoms with Gasteiger partial charge in [0.15, 0.2) is 0 Å². The Labute approximate surface area is 150 Å². The molecule has 0 amide bonds. The van der Waals surface area contributed by atoms with E-state index < -0.39 is 37.1 Å². The number of aliphatic hydroxyl groups excluding tert-OH is 4. The van der Waals surface area contributed by atoms with Crippen molar-refractivity contribution >= 4 is 0 Å². The van der Waals surface area contributed by atoms with Gasteiger partial charge in [-0.25, -0.2) is 0 Å². The maximum absolute atomic E-state index is 10.2. The number of ether oxygens (including phenoxy) is 1. The van der Waals surface area contributed by atoms with Gasteiger partial charge in [-0.3, -0.25) is 0 Å². The lowest BCUT2D eigenvalue weighted by Crippen LogP contribution is -2.55. The van der Waals surface area contributed by atoms with E-state index in [-0.39, 0.29) is 11.5 Å². The molecule has 6 N–H and O–H groups in total. The molecule has 1 aliphatic rings. The predicted molar refractivity (Wildman–Crippen MR) is 91.7 cm³/mol. The average molecular weight is 362 g/mol. The second-order valence-electron chi connectivity index (χ2n) is 6.48. The number of phenolic OH excluding ortho intramolecular Hbond substituents is 2. The number of rotatable bonds is 4. The van der Waals surface area contributed by atoms with E-state index in [0.29, 0.717) is 17.5 Å². The smallest absolute Gasteiger partial charge is 0.119 e. The van der Waals surface area contributed by atoms with E-state index in [1.165, 1.54) is 6.07 Å². The summed E-state index contributed by atoms with van der Waals surface area (Å²) in [5.41, 5.74) is 1.95. The van der Waals surface area contributed by atoms with E-state index in [4.69, 9.17) is 4.74 Å². The number of phenols is 2. The fourth-order valence-corrected chi connectivity index (χ4v) is 3.13. The van der Waals surface area contributed by atoms with Crippen LogP contribution in [0.3, 0.4) is 0 Å². The van der Waals surface area contributed by atoms with Crippen LogP contribution in [0.2, 0.25) is 0 Å². The molecule has 7 heteroatoms. The van der Waals surface area contributed by atoms with Crippen LogP contribution in [0.15, 0.2) is 42.5 Å². The van der Waals surface area contributed by atoms with Crippen molar-refractivity contribution in [2.24, 2.45) is 0 Å². The minimum absolute atomic E-state index is 0.0615. The van der Waals surface area contributed by atoms with Gasteiger partial charge >= 0.3 is 0 Å². The zero-order chi connectivity index (χ0) is 18.8. The molecule has 0 bridgehead atoms. The van der Waals surface area contributed by atoms with Crippen molar-refractivity contribution in [3.8, 4) is 11.5 Å². The van der Waals surface area contributed by atoms with E-state index in [9.17, 15) is 30.6 Å². The molecule has 0 saturated carbocycles. The van der Waals surface area contributed by atoms with Crippen molar-refractivity contribution in [1.82, 2.24) is 0 Å². The van der Waals surface area contributed by atoms with Crippen molar-refractivity contribution in [1.29, 1.82) is 0 Å². The molecule has 2 aromatic carbocycles. The largest absolute Gasteiger partial charge is 0.508 e. The lowest BCUT2D eigenvalue weighted by atomic mass is 9.90. The Bertz CT molecular complexity index is 744. The zero-order valence-electron chi connectivity index (χ0n) is 13.9. The molecule has 2 aromatic rings.